The Morgan fingerprint density at radius 1 is 1.50 bits per heavy atom. The molecule has 0 N–H and O–H groups in total. The predicted octanol–water partition coefficient (Wildman–Crippen LogP) is 1.35. The molecule has 0 aliphatic carbocycles. The Morgan fingerprint density at radius 3 is 3.00 bits per heavy atom. The summed E-state index contributed by atoms with van der Waals surface area (Å²) in [5.41, 5.74) is 0.673. The fraction of sp³-hybridized carbons (Fsp3) is 0. The van der Waals surface area contributed by atoms with Crippen molar-refractivity contribution in [3.8, 4) is 6.07 Å². The summed E-state index contributed by atoms with van der Waals surface area (Å²) in [6, 6.07) is 6.36. The summed E-state index contributed by atoms with van der Waals surface area (Å²) >= 11 is 0. The Morgan fingerprint density at radius 2 is 2.33 bits per heavy atom. The van der Waals surface area contributed by atoms with E-state index in [0.29, 0.717) is 5.65 Å². The van der Waals surface area contributed by atoms with Crippen LogP contribution in [0.5, 0.6) is 0 Å². The molecule has 3 nitrogen and oxygen atoms in total. The van der Waals surface area contributed by atoms with Gasteiger partial charge in [0.25, 0.3) is 0 Å². The second-order valence-electron chi connectivity index (χ2n) is 2.31. The van der Waals surface area contributed by atoms with Crippen molar-refractivity contribution in [2.75, 3.05) is 0 Å². The van der Waals surface area contributed by atoms with Gasteiger partial charge in [-0.3, -0.25) is 4.40 Å². The molecule has 0 bridgehead atoms. The van der Waals surface area contributed by atoms with Crippen LogP contribution in [0.25, 0.3) is 5.65 Å². The lowest BCUT2D eigenvalue weighted by Crippen LogP contribution is -1.88. The van der Waals surface area contributed by atoms with Gasteiger partial charge < -0.3 is 0 Å². The zero-order valence-corrected chi connectivity index (χ0v) is 6.03. The summed E-state index contributed by atoms with van der Waals surface area (Å²) in [4.78, 5) is 3.85. The summed E-state index contributed by atoms with van der Waals surface area (Å²) in [6.45, 7) is 0. The Bertz CT molecular complexity index is 467. The molecule has 2 heterocycles. The number of hydrogen-bond acceptors (Lipinski definition) is 2. The maximum atomic E-state index is 12.9. The van der Waals surface area contributed by atoms with Crippen molar-refractivity contribution in [2.24, 2.45) is 0 Å². The van der Waals surface area contributed by atoms with Crippen LogP contribution in [-0.4, -0.2) is 9.38 Å². The van der Waals surface area contributed by atoms with Crippen molar-refractivity contribution in [3.05, 3.63) is 36.0 Å². The van der Waals surface area contributed by atoms with Crippen LogP contribution < -0.4 is 0 Å². The molecule has 0 amide bonds. The Labute approximate surface area is 67.7 Å². The third kappa shape index (κ3) is 0.839. The lowest BCUT2D eigenvalue weighted by atomic mass is 10.5. The van der Waals surface area contributed by atoms with Gasteiger partial charge in [-0.25, -0.2) is 4.98 Å². The number of imidazole rings is 1. The van der Waals surface area contributed by atoms with Crippen LogP contribution in [0.15, 0.2) is 24.4 Å². The first-order chi connectivity index (χ1) is 5.81. The van der Waals surface area contributed by atoms with Crippen molar-refractivity contribution in [3.63, 3.8) is 0 Å². The normalized spacial score (nSPS) is 10.0. The van der Waals surface area contributed by atoms with Crippen LogP contribution >= 0.6 is 0 Å². The van der Waals surface area contributed by atoms with Crippen molar-refractivity contribution < 1.29 is 4.39 Å². The monoisotopic (exact) mass is 161 g/mol. The molecule has 2 aromatic rings. The minimum atomic E-state index is -0.415. The third-order valence-corrected chi connectivity index (χ3v) is 1.56. The fourth-order valence-electron chi connectivity index (χ4n) is 1.03. The number of nitriles is 1. The highest BCUT2D eigenvalue weighted by molar-refractivity contribution is 5.42. The second-order valence-corrected chi connectivity index (χ2v) is 2.31. The van der Waals surface area contributed by atoms with E-state index in [1.807, 2.05) is 6.07 Å². The lowest BCUT2D eigenvalue weighted by molar-refractivity contribution is 0.568. The SMILES string of the molecule is N#Cc1cn2c(F)cccc2n1. The highest BCUT2D eigenvalue weighted by atomic mass is 19.1. The number of rotatable bonds is 0. The molecule has 2 rings (SSSR count). The number of fused-ring (bicyclic) bond motifs is 1. The molecule has 4 heteroatoms. The molecular formula is C8H4FN3. The summed E-state index contributed by atoms with van der Waals surface area (Å²) in [6.07, 6.45) is 1.37. The van der Waals surface area contributed by atoms with E-state index in [0.717, 1.165) is 0 Å². The summed E-state index contributed by atoms with van der Waals surface area (Å²) < 4.78 is 14.2. The van der Waals surface area contributed by atoms with Gasteiger partial charge in [-0.1, -0.05) is 6.07 Å². The number of hydrogen-bond donors (Lipinski definition) is 0. The summed E-state index contributed by atoms with van der Waals surface area (Å²) in [5.74, 6) is -0.415. The average molecular weight is 161 g/mol. The second kappa shape index (κ2) is 2.31. The van der Waals surface area contributed by atoms with Gasteiger partial charge in [-0.2, -0.15) is 9.65 Å². The van der Waals surface area contributed by atoms with Gasteiger partial charge in [0.05, 0.1) is 0 Å². The zero-order valence-electron chi connectivity index (χ0n) is 6.03. The molecule has 0 fully saturated rings. The van der Waals surface area contributed by atoms with E-state index >= 15 is 0 Å². The molecule has 0 radical (unpaired) electrons. The van der Waals surface area contributed by atoms with Gasteiger partial charge in [0.15, 0.2) is 11.6 Å². The van der Waals surface area contributed by atoms with E-state index in [-0.39, 0.29) is 5.69 Å². The Kier molecular flexibility index (Phi) is 1.31. The molecule has 0 atom stereocenters. The maximum absolute atomic E-state index is 12.9. The van der Waals surface area contributed by atoms with Crippen LogP contribution in [-0.2, 0) is 0 Å². The number of pyridine rings is 1. The number of nitrogens with zero attached hydrogens (tertiary/aromatic N) is 3. The van der Waals surface area contributed by atoms with Crippen LogP contribution in [0.3, 0.4) is 0 Å². The van der Waals surface area contributed by atoms with Crippen LogP contribution in [0.1, 0.15) is 5.69 Å². The number of halogens is 1. The molecule has 0 aromatic carbocycles. The highest BCUT2D eigenvalue weighted by Crippen LogP contribution is 2.06. The summed E-state index contributed by atoms with van der Waals surface area (Å²) in [5, 5.41) is 8.48. The van der Waals surface area contributed by atoms with Crippen LogP contribution in [0.2, 0.25) is 0 Å². The molecule has 0 spiro atoms. The van der Waals surface area contributed by atoms with Crippen molar-refractivity contribution in [2.45, 2.75) is 0 Å². The van der Waals surface area contributed by atoms with E-state index in [4.69, 9.17) is 5.26 Å². The minimum absolute atomic E-state index is 0.222. The van der Waals surface area contributed by atoms with Crippen molar-refractivity contribution >= 4 is 5.65 Å². The fourth-order valence-corrected chi connectivity index (χ4v) is 1.03. The Balaban J connectivity index is 2.85. The standard InChI is InChI=1S/C8H4FN3/c9-7-2-1-3-8-11-6(4-10)5-12(7)8/h1-3,5H. The van der Waals surface area contributed by atoms with E-state index in [9.17, 15) is 4.39 Å². The van der Waals surface area contributed by atoms with E-state index in [2.05, 4.69) is 4.98 Å². The predicted molar refractivity (Wildman–Crippen MR) is 39.9 cm³/mol. The highest BCUT2D eigenvalue weighted by Gasteiger charge is 2.02. The topological polar surface area (TPSA) is 41.1 Å². The lowest BCUT2D eigenvalue weighted by Gasteiger charge is -1.91. The average Bonchev–Trinajstić information content (AvgIpc) is 2.49. The quantitative estimate of drug-likeness (QED) is 0.547. The first kappa shape index (κ1) is 6.80. The molecule has 2 aromatic heterocycles. The minimum Gasteiger partial charge on any atom is -0.275 e. The molecule has 0 aliphatic rings. The largest absolute Gasteiger partial charge is 0.275 e. The molecular weight excluding hydrogens is 157 g/mol. The molecule has 0 saturated carbocycles. The molecule has 58 valence electrons. The summed E-state index contributed by atoms with van der Waals surface area (Å²) in [7, 11) is 0. The smallest absolute Gasteiger partial charge is 0.199 e. The van der Waals surface area contributed by atoms with Gasteiger partial charge in [0.1, 0.15) is 11.7 Å². The van der Waals surface area contributed by atoms with E-state index in [1.165, 1.54) is 16.7 Å². The first-order valence-electron chi connectivity index (χ1n) is 3.35. The van der Waals surface area contributed by atoms with Crippen molar-refractivity contribution in [1.29, 1.82) is 5.26 Å². The first-order valence-corrected chi connectivity index (χ1v) is 3.35. The van der Waals surface area contributed by atoms with Crippen LogP contribution in [0.4, 0.5) is 4.39 Å². The van der Waals surface area contributed by atoms with Gasteiger partial charge in [0.2, 0.25) is 0 Å². The van der Waals surface area contributed by atoms with Crippen molar-refractivity contribution in [1.82, 2.24) is 9.38 Å². The van der Waals surface area contributed by atoms with Gasteiger partial charge in [0, 0.05) is 6.20 Å². The molecule has 12 heavy (non-hydrogen) atoms. The maximum Gasteiger partial charge on any atom is 0.199 e. The molecule has 0 unspecified atom stereocenters. The van der Waals surface area contributed by atoms with E-state index in [1.54, 1.807) is 12.1 Å². The van der Waals surface area contributed by atoms with Gasteiger partial charge >= 0.3 is 0 Å². The Hall–Kier alpha value is -1.89. The van der Waals surface area contributed by atoms with E-state index < -0.39 is 5.95 Å². The van der Waals surface area contributed by atoms with Gasteiger partial charge in [-0.05, 0) is 12.1 Å². The van der Waals surface area contributed by atoms with Gasteiger partial charge in [-0.15, -0.1) is 0 Å². The van der Waals surface area contributed by atoms with Crippen LogP contribution in [0, 0.1) is 17.3 Å². The zero-order chi connectivity index (χ0) is 8.55. The molecule has 0 saturated heterocycles. The third-order valence-electron chi connectivity index (χ3n) is 1.56. The number of aromatic nitrogens is 2. The molecule has 0 aliphatic heterocycles.